The van der Waals surface area contributed by atoms with E-state index < -0.39 is 0 Å². The van der Waals surface area contributed by atoms with Gasteiger partial charge in [-0.25, -0.2) is 0 Å². The van der Waals surface area contributed by atoms with Crippen LogP contribution in [0.5, 0.6) is 0 Å². The zero-order chi connectivity index (χ0) is 15.2. The molecule has 0 bridgehead atoms. The Morgan fingerprint density at radius 1 is 1.19 bits per heavy atom. The molecule has 0 spiro atoms. The van der Waals surface area contributed by atoms with Crippen molar-refractivity contribution in [3.05, 3.63) is 64.2 Å². The van der Waals surface area contributed by atoms with Crippen molar-refractivity contribution in [2.24, 2.45) is 0 Å². The summed E-state index contributed by atoms with van der Waals surface area (Å²) < 4.78 is 0. The third-order valence-electron chi connectivity index (χ3n) is 3.20. The first-order chi connectivity index (χ1) is 10.1. The molecule has 0 aromatic heterocycles. The molecule has 3 nitrogen and oxygen atoms in total. The number of nitrogens with one attached hydrogen (secondary N) is 2. The van der Waals surface area contributed by atoms with E-state index in [1.807, 2.05) is 56.3 Å². The monoisotopic (exact) mass is 302 g/mol. The summed E-state index contributed by atoms with van der Waals surface area (Å²) in [5, 5.41) is 6.90. The van der Waals surface area contributed by atoms with Crippen LogP contribution in [0.25, 0.3) is 0 Å². The number of hydrogen-bond donors (Lipinski definition) is 2. The Morgan fingerprint density at radius 3 is 2.67 bits per heavy atom. The maximum atomic E-state index is 11.8. The minimum Gasteiger partial charge on any atom is -0.381 e. The van der Waals surface area contributed by atoms with Gasteiger partial charge in [0, 0.05) is 29.4 Å². The topological polar surface area (TPSA) is 41.1 Å². The summed E-state index contributed by atoms with van der Waals surface area (Å²) in [6, 6.07) is 13.4. The number of amides is 1. The largest absolute Gasteiger partial charge is 0.381 e. The van der Waals surface area contributed by atoms with Crippen LogP contribution in [0.1, 0.15) is 28.4 Å². The Morgan fingerprint density at radius 2 is 2.00 bits per heavy atom. The second-order valence-corrected chi connectivity index (χ2v) is 5.31. The molecule has 0 aliphatic carbocycles. The van der Waals surface area contributed by atoms with Crippen molar-refractivity contribution in [3.63, 3.8) is 0 Å². The quantitative estimate of drug-likeness (QED) is 0.876. The van der Waals surface area contributed by atoms with E-state index in [1.54, 1.807) is 0 Å². The molecule has 21 heavy (non-hydrogen) atoms. The molecule has 2 N–H and O–H groups in total. The van der Waals surface area contributed by atoms with Gasteiger partial charge in [-0.3, -0.25) is 4.79 Å². The van der Waals surface area contributed by atoms with Crippen molar-refractivity contribution < 1.29 is 4.79 Å². The summed E-state index contributed by atoms with van der Waals surface area (Å²) in [5.74, 6) is -0.0398. The van der Waals surface area contributed by atoms with E-state index in [0.29, 0.717) is 18.7 Å². The predicted molar refractivity (Wildman–Crippen MR) is 88.0 cm³/mol. The fourth-order valence-electron chi connectivity index (χ4n) is 2.11. The highest BCUT2D eigenvalue weighted by molar-refractivity contribution is 6.30. The van der Waals surface area contributed by atoms with E-state index in [0.717, 1.165) is 21.8 Å². The van der Waals surface area contributed by atoms with Crippen molar-refractivity contribution in [2.75, 3.05) is 11.9 Å². The van der Waals surface area contributed by atoms with Crippen LogP contribution in [0.2, 0.25) is 5.02 Å². The van der Waals surface area contributed by atoms with Crippen LogP contribution in [0.4, 0.5) is 5.69 Å². The van der Waals surface area contributed by atoms with Crippen LogP contribution in [0, 0.1) is 6.92 Å². The van der Waals surface area contributed by atoms with Gasteiger partial charge in [0.2, 0.25) is 0 Å². The normalized spacial score (nSPS) is 10.2. The number of carbonyl (C=O) groups is 1. The minimum atomic E-state index is -0.0398. The molecule has 0 fully saturated rings. The van der Waals surface area contributed by atoms with Gasteiger partial charge in [0.1, 0.15) is 0 Å². The third-order valence-corrected chi connectivity index (χ3v) is 3.43. The summed E-state index contributed by atoms with van der Waals surface area (Å²) in [6.07, 6.45) is 0. The summed E-state index contributed by atoms with van der Waals surface area (Å²) in [6.45, 7) is 5.23. The smallest absolute Gasteiger partial charge is 0.251 e. The summed E-state index contributed by atoms with van der Waals surface area (Å²) in [7, 11) is 0. The van der Waals surface area contributed by atoms with E-state index in [1.165, 1.54) is 0 Å². The number of carbonyl (C=O) groups excluding carboxylic acids is 1. The average Bonchev–Trinajstić information content (AvgIpc) is 2.46. The first kappa shape index (κ1) is 15.4. The van der Waals surface area contributed by atoms with Crippen LogP contribution >= 0.6 is 11.6 Å². The Bertz CT molecular complexity index is 640. The third kappa shape index (κ3) is 4.23. The number of anilines is 1. The molecule has 0 heterocycles. The fraction of sp³-hybridized carbons (Fsp3) is 0.235. The Hall–Kier alpha value is -2.00. The molecule has 1 amide bonds. The summed E-state index contributed by atoms with van der Waals surface area (Å²) in [5.41, 5.74) is 3.86. The van der Waals surface area contributed by atoms with Crippen molar-refractivity contribution in [2.45, 2.75) is 20.4 Å². The van der Waals surface area contributed by atoms with Gasteiger partial charge in [-0.2, -0.15) is 0 Å². The van der Waals surface area contributed by atoms with Crippen LogP contribution in [0.3, 0.4) is 0 Å². The van der Waals surface area contributed by atoms with Gasteiger partial charge in [-0.15, -0.1) is 0 Å². The molecule has 0 unspecified atom stereocenters. The number of rotatable bonds is 5. The molecular formula is C17H19ClN2O. The molecule has 0 aliphatic heterocycles. The molecule has 0 saturated heterocycles. The van der Waals surface area contributed by atoms with Gasteiger partial charge in [0.25, 0.3) is 5.91 Å². The molecule has 0 aliphatic rings. The van der Waals surface area contributed by atoms with Crippen molar-refractivity contribution in [1.29, 1.82) is 0 Å². The minimum absolute atomic E-state index is 0.0398. The van der Waals surface area contributed by atoms with Gasteiger partial charge in [0.05, 0.1) is 0 Å². The van der Waals surface area contributed by atoms with E-state index in [9.17, 15) is 4.79 Å². The molecule has 2 aromatic rings. The lowest BCUT2D eigenvalue weighted by atomic mass is 10.1. The van der Waals surface area contributed by atoms with Crippen molar-refractivity contribution >= 4 is 23.2 Å². The lowest BCUT2D eigenvalue weighted by Gasteiger charge is -2.11. The Balaban J connectivity index is 2.06. The maximum absolute atomic E-state index is 11.8. The first-order valence-corrected chi connectivity index (χ1v) is 7.35. The second-order valence-electron chi connectivity index (χ2n) is 4.87. The molecule has 4 heteroatoms. The lowest BCUT2D eigenvalue weighted by Crippen LogP contribution is -2.22. The molecule has 0 atom stereocenters. The van der Waals surface area contributed by atoms with Crippen LogP contribution in [-0.4, -0.2) is 12.5 Å². The molecular weight excluding hydrogens is 284 g/mol. The van der Waals surface area contributed by atoms with Crippen LogP contribution in [-0.2, 0) is 6.54 Å². The molecule has 0 radical (unpaired) electrons. The number of halogens is 1. The second kappa shape index (κ2) is 7.14. The number of hydrogen-bond acceptors (Lipinski definition) is 2. The van der Waals surface area contributed by atoms with Gasteiger partial charge in [-0.1, -0.05) is 23.7 Å². The standard InChI is InChI=1S/C17H19ClN2O/c1-3-19-17(21)14-7-8-16(12(2)9-14)20-11-13-5-4-6-15(18)10-13/h4-10,20H,3,11H2,1-2H3,(H,19,21). The lowest BCUT2D eigenvalue weighted by molar-refractivity contribution is 0.0956. The zero-order valence-electron chi connectivity index (χ0n) is 12.2. The van der Waals surface area contributed by atoms with E-state index in [-0.39, 0.29) is 5.91 Å². The van der Waals surface area contributed by atoms with Gasteiger partial charge < -0.3 is 10.6 Å². The summed E-state index contributed by atoms with van der Waals surface area (Å²) in [4.78, 5) is 11.8. The van der Waals surface area contributed by atoms with Gasteiger partial charge in [-0.05, 0) is 55.3 Å². The number of benzene rings is 2. The van der Waals surface area contributed by atoms with E-state index in [4.69, 9.17) is 11.6 Å². The molecule has 2 aromatic carbocycles. The van der Waals surface area contributed by atoms with Crippen LogP contribution < -0.4 is 10.6 Å². The highest BCUT2D eigenvalue weighted by Crippen LogP contribution is 2.18. The molecule has 110 valence electrons. The highest BCUT2D eigenvalue weighted by atomic mass is 35.5. The molecule has 0 saturated carbocycles. The van der Waals surface area contributed by atoms with Crippen molar-refractivity contribution in [3.8, 4) is 0 Å². The van der Waals surface area contributed by atoms with E-state index in [2.05, 4.69) is 10.6 Å². The average molecular weight is 303 g/mol. The zero-order valence-corrected chi connectivity index (χ0v) is 13.0. The van der Waals surface area contributed by atoms with Crippen LogP contribution in [0.15, 0.2) is 42.5 Å². The maximum Gasteiger partial charge on any atom is 0.251 e. The number of aryl methyl sites for hydroxylation is 1. The Labute approximate surface area is 130 Å². The Kier molecular flexibility index (Phi) is 5.23. The van der Waals surface area contributed by atoms with E-state index >= 15 is 0 Å². The fourth-order valence-corrected chi connectivity index (χ4v) is 2.32. The first-order valence-electron chi connectivity index (χ1n) is 6.97. The van der Waals surface area contributed by atoms with Gasteiger partial charge >= 0.3 is 0 Å². The highest BCUT2D eigenvalue weighted by Gasteiger charge is 2.06. The van der Waals surface area contributed by atoms with Crippen molar-refractivity contribution in [1.82, 2.24) is 5.32 Å². The molecule has 2 rings (SSSR count). The van der Waals surface area contributed by atoms with Gasteiger partial charge in [0.15, 0.2) is 0 Å². The summed E-state index contributed by atoms with van der Waals surface area (Å²) >= 11 is 5.97. The predicted octanol–water partition coefficient (Wildman–Crippen LogP) is 4.01. The SMILES string of the molecule is CCNC(=O)c1ccc(NCc2cccc(Cl)c2)c(C)c1.